The second-order valence-electron chi connectivity index (χ2n) is 6.18. The Hall–Kier alpha value is -1.85. The van der Waals surface area contributed by atoms with E-state index in [0.717, 1.165) is 22.1 Å². The van der Waals surface area contributed by atoms with E-state index in [1.807, 2.05) is 12.1 Å². The molecule has 0 bridgehead atoms. The maximum atomic E-state index is 11.2. The lowest BCUT2D eigenvalue weighted by molar-refractivity contribution is -0.384. The molecule has 2 aliphatic rings. The summed E-state index contributed by atoms with van der Waals surface area (Å²) >= 11 is 9.89. The Morgan fingerprint density at radius 3 is 2.88 bits per heavy atom. The van der Waals surface area contributed by atoms with Gasteiger partial charge >= 0.3 is 0 Å². The van der Waals surface area contributed by atoms with Crippen molar-refractivity contribution in [3.63, 3.8) is 0 Å². The van der Waals surface area contributed by atoms with Gasteiger partial charge in [0, 0.05) is 22.5 Å². The molecule has 0 aromatic heterocycles. The number of benzene rings is 2. The average molecular weight is 406 g/mol. The molecule has 6 heteroatoms. The van der Waals surface area contributed by atoms with Crippen LogP contribution in [0.5, 0.6) is 0 Å². The molecule has 0 fully saturated rings. The van der Waals surface area contributed by atoms with E-state index in [-0.39, 0.29) is 22.6 Å². The Kier molecular flexibility index (Phi) is 3.85. The number of nitrogens with zero attached hydrogens (tertiary/aromatic N) is 1. The standard InChI is InChI=1S/C18H14BrClN2O2/c19-11-4-1-3-10(7-11)17-14-6-2-5-13(14)15-8-12(22(23)24)9-16(20)18(15)21-17/h1-5,7-9,13-14,17,21H,6H2/t13-,14+,17+/m1/s1. The van der Waals surface area contributed by atoms with Gasteiger partial charge in [-0.05, 0) is 35.6 Å². The van der Waals surface area contributed by atoms with Gasteiger partial charge in [-0.3, -0.25) is 10.1 Å². The van der Waals surface area contributed by atoms with Crippen LogP contribution in [0.25, 0.3) is 0 Å². The molecular formula is C18H14BrClN2O2. The summed E-state index contributed by atoms with van der Waals surface area (Å²) in [5.41, 5.74) is 2.95. The first-order chi connectivity index (χ1) is 11.5. The average Bonchev–Trinajstić information content (AvgIpc) is 3.04. The number of anilines is 1. The lowest BCUT2D eigenvalue weighted by Gasteiger charge is -2.37. The molecule has 0 unspecified atom stereocenters. The van der Waals surface area contributed by atoms with E-state index in [1.165, 1.54) is 11.6 Å². The van der Waals surface area contributed by atoms with Gasteiger partial charge in [-0.1, -0.05) is 51.8 Å². The number of allylic oxidation sites excluding steroid dienone is 2. The van der Waals surface area contributed by atoms with Crippen molar-refractivity contribution in [2.75, 3.05) is 5.32 Å². The molecule has 1 N–H and O–H groups in total. The van der Waals surface area contributed by atoms with Crippen LogP contribution < -0.4 is 5.32 Å². The molecule has 0 saturated heterocycles. The highest BCUT2D eigenvalue weighted by Gasteiger charge is 2.39. The third-order valence-electron chi connectivity index (χ3n) is 4.82. The third kappa shape index (κ3) is 2.52. The Balaban J connectivity index is 1.83. The predicted molar refractivity (Wildman–Crippen MR) is 98.6 cm³/mol. The predicted octanol–water partition coefficient (Wildman–Crippen LogP) is 5.84. The number of rotatable bonds is 2. The van der Waals surface area contributed by atoms with Crippen LogP contribution in [0, 0.1) is 16.0 Å². The van der Waals surface area contributed by atoms with Crippen LogP contribution in [0.4, 0.5) is 11.4 Å². The van der Waals surface area contributed by atoms with E-state index >= 15 is 0 Å². The van der Waals surface area contributed by atoms with E-state index in [1.54, 1.807) is 6.07 Å². The van der Waals surface area contributed by atoms with Gasteiger partial charge in [0.05, 0.1) is 21.7 Å². The zero-order valence-corrected chi connectivity index (χ0v) is 14.9. The van der Waals surface area contributed by atoms with Crippen molar-refractivity contribution in [3.8, 4) is 0 Å². The number of hydrogen-bond donors (Lipinski definition) is 1. The minimum absolute atomic E-state index is 0.0421. The number of fused-ring (bicyclic) bond motifs is 3. The number of halogens is 2. The Morgan fingerprint density at radius 2 is 2.12 bits per heavy atom. The van der Waals surface area contributed by atoms with Crippen LogP contribution in [0.2, 0.25) is 5.02 Å². The van der Waals surface area contributed by atoms with Gasteiger partial charge in [0.25, 0.3) is 5.69 Å². The Labute approximate surface area is 152 Å². The Bertz CT molecular complexity index is 868. The van der Waals surface area contributed by atoms with E-state index in [9.17, 15) is 10.1 Å². The second kappa shape index (κ2) is 5.90. The first kappa shape index (κ1) is 15.7. The summed E-state index contributed by atoms with van der Waals surface area (Å²) < 4.78 is 1.03. The fourth-order valence-electron chi connectivity index (χ4n) is 3.78. The van der Waals surface area contributed by atoms with Crippen molar-refractivity contribution >= 4 is 38.9 Å². The number of non-ortho nitro benzene ring substituents is 1. The molecular weight excluding hydrogens is 392 g/mol. The molecule has 0 radical (unpaired) electrons. The molecule has 4 nitrogen and oxygen atoms in total. The summed E-state index contributed by atoms with van der Waals surface area (Å²) in [6.07, 6.45) is 5.24. The van der Waals surface area contributed by atoms with Crippen LogP contribution in [0.1, 0.15) is 29.5 Å². The molecule has 1 heterocycles. The molecule has 4 rings (SSSR count). The zero-order chi connectivity index (χ0) is 16.8. The van der Waals surface area contributed by atoms with E-state index in [4.69, 9.17) is 11.6 Å². The summed E-state index contributed by atoms with van der Waals surface area (Å²) in [4.78, 5) is 10.8. The normalized spacial score (nSPS) is 24.2. The fourth-order valence-corrected chi connectivity index (χ4v) is 4.47. The van der Waals surface area contributed by atoms with Crippen molar-refractivity contribution in [1.82, 2.24) is 0 Å². The summed E-state index contributed by atoms with van der Waals surface area (Å²) in [6.45, 7) is 0. The van der Waals surface area contributed by atoms with Crippen LogP contribution in [-0.2, 0) is 0 Å². The Morgan fingerprint density at radius 1 is 1.29 bits per heavy atom. The summed E-state index contributed by atoms with van der Waals surface area (Å²) in [6, 6.07) is 11.4. The molecule has 0 spiro atoms. The molecule has 122 valence electrons. The highest BCUT2D eigenvalue weighted by Crippen LogP contribution is 2.52. The van der Waals surface area contributed by atoms with Crippen molar-refractivity contribution in [3.05, 3.63) is 79.3 Å². The minimum Gasteiger partial charge on any atom is -0.376 e. The van der Waals surface area contributed by atoms with E-state index < -0.39 is 0 Å². The van der Waals surface area contributed by atoms with Crippen LogP contribution in [-0.4, -0.2) is 4.92 Å². The molecule has 1 aliphatic carbocycles. The second-order valence-corrected chi connectivity index (χ2v) is 7.50. The first-order valence-corrected chi connectivity index (χ1v) is 8.88. The maximum Gasteiger partial charge on any atom is 0.271 e. The topological polar surface area (TPSA) is 55.2 Å². The van der Waals surface area contributed by atoms with E-state index in [0.29, 0.717) is 10.9 Å². The summed E-state index contributed by atoms with van der Waals surface area (Å²) in [7, 11) is 0. The van der Waals surface area contributed by atoms with Crippen molar-refractivity contribution in [1.29, 1.82) is 0 Å². The zero-order valence-electron chi connectivity index (χ0n) is 12.6. The van der Waals surface area contributed by atoms with Gasteiger partial charge in [0.1, 0.15) is 0 Å². The van der Waals surface area contributed by atoms with Crippen LogP contribution >= 0.6 is 27.5 Å². The summed E-state index contributed by atoms with van der Waals surface area (Å²) in [5, 5.41) is 15.1. The van der Waals surface area contributed by atoms with Crippen molar-refractivity contribution in [2.24, 2.45) is 5.92 Å². The van der Waals surface area contributed by atoms with Gasteiger partial charge in [-0.15, -0.1) is 0 Å². The number of nitro groups is 1. The van der Waals surface area contributed by atoms with Crippen LogP contribution in [0.15, 0.2) is 53.0 Å². The molecule has 3 atom stereocenters. The molecule has 2 aromatic rings. The van der Waals surface area contributed by atoms with Gasteiger partial charge in [-0.25, -0.2) is 0 Å². The third-order valence-corrected chi connectivity index (χ3v) is 5.62. The lowest BCUT2D eigenvalue weighted by atomic mass is 9.77. The van der Waals surface area contributed by atoms with Gasteiger partial charge in [0.2, 0.25) is 0 Å². The number of hydrogen-bond acceptors (Lipinski definition) is 3. The molecule has 0 saturated carbocycles. The first-order valence-electron chi connectivity index (χ1n) is 7.71. The highest BCUT2D eigenvalue weighted by molar-refractivity contribution is 9.10. The largest absolute Gasteiger partial charge is 0.376 e. The van der Waals surface area contributed by atoms with Crippen LogP contribution in [0.3, 0.4) is 0 Å². The van der Waals surface area contributed by atoms with Crippen molar-refractivity contribution < 1.29 is 4.92 Å². The van der Waals surface area contributed by atoms with E-state index in [2.05, 4.69) is 45.5 Å². The lowest BCUT2D eigenvalue weighted by Crippen LogP contribution is -2.29. The quantitative estimate of drug-likeness (QED) is 0.388. The molecule has 2 aromatic carbocycles. The SMILES string of the molecule is O=[N+]([O-])c1cc(Cl)c2c(c1)[C@@H]1C=CC[C@@H]1[C@H](c1cccc(Br)c1)N2. The minimum atomic E-state index is -0.389. The van der Waals surface area contributed by atoms with Crippen molar-refractivity contribution in [2.45, 2.75) is 18.4 Å². The number of nitro benzene ring substituents is 1. The number of nitrogens with one attached hydrogen (secondary N) is 1. The fraction of sp³-hybridized carbons (Fsp3) is 0.222. The van der Waals surface area contributed by atoms with Gasteiger partial charge in [0.15, 0.2) is 0 Å². The molecule has 0 amide bonds. The van der Waals surface area contributed by atoms with Gasteiger partial charge in [-0.2, -0.15) is 0 Å². The smallest absolute Gasteiger partial charge is 0.271 e. The molecule has 1 aliphatic heterocycles. The molecule has 24 heavy (non-hydrogen) atoms. The monoisotopic (exact) mass is 404 g/mol. The van der Waals surface area contributed by atoms with Gasteiger partial charge < -0.3 is 5.32 Å². The summed E-state index contributed by atoms with van der Waals surface area (Å²) in [5.74, 6) is 0.465. The maximum absolute atomic E-state index is 11.2. The highest BCUT2D eigenvalue weighted by atomic mass is 79.9.